The van der Waals surface area contributed by atoms with Gasteiger partial charge in [0.15, 0.2) is 10.7 Å². The quantitative estimate of drug-likeness (QED) is 0.448. The fraction of sp³-hybridized carbons (Fsp3) is 0.167. The molecule has 0 spiro atoms. The van der Waals surface area contributed by atoms with Gasteiger partial charge in [-0.05, 0) is 50.3 Å². The van der Waals surface area contributed by atoms with Crippen LogP contribution in [0.15, 0.2) is 41.4 Å². The van der Waals surface area contributed by atoms with E-state index in [1.54, 1.807) is 17.4 Å². The highest BCUT2D eigenvalue weighted by molar-refractivity contribution is 7.89. The number of hydrogen-bond acceptors (Lipinski definition) is 6. The number of nitrogens with zero attached hydrogens (tertiary/aromatic N) is 2. The van der Waals surface area contributed by atoms with E-state index in [-0.39, 0.29) is 10.7 Å². The maximum Gasteiger partial charge on any atom is 0.318 e. The van der Waals surface area contributed by atoms with Crippen LogP contribution in [0, 0.1) is 13.8 Å². The molecule has 0 aliphatic heterocycles. The highest BCUT2D eigenvalue weighted by atomic mass is 32.2. The number of benzene rings is 1. The van der Waals surface area contributed by atoms with Crippen molar-refractivity contribution in [3.63, 3.8) is 0 Å². The number of aliphatic carboxylic acids is 1. The van der Waals surface area contributed by atoms with Crippen LogP contribution in [0.5, 0.6) is 0 Å². The second kappa shape index (κ2) is 7.66. The molecule has 0 atom stereocenters. The third-order valence-electron chi connectivity index (χ3n) is 3.92. The molecule has 0 bridgehead atoms. The Labute approximate surface area is 165 Å². The molecule has 1 aromatic carbocycles. The van der Waals surface area contributed by atoms with Gasteiger partial charge in [-0.3, -0.25) is 14.0 Å². The van der Waals surface area contributed by atoms with E-state index in [9.17, 15) is 18.0 Å². The number of allylic oxidation sites excluding steroid dienone is 1. The normalized spacial score (nSPS) is 12.1. The van der Waals surface area contributed by atoms with Crippen molar-refractivity contribution in [1.82, 2.24) is 14.1 Å². The molecule has 0 amide bonds. The van der Waals surface area contributed by atoms with E-state index >= 15 is 0 Å². The van der Waals surface area contributed by atoms with Crippen LogP contribution >= 0.6 is 11.3 Å². The number of aromatic nitrogens is 2. The third-order valence-corrected chi connectivity index (χ3v) is 6.23. The molecular weight excluding hydrogens is 402 g/mol. The number of carboxylic acids is 1. The second-order valence-electron chi connectivity index (χ2n) is 6.02. The summed E-state index contributed by atoms with van der Waals surface area (Å²) in [5.74, 6) is -1.57. The number of thiazole rings is 1. The summed E-state index contributed by atoms with van der Waals surface area (Å²) in [5, 5.41) is 8.58. The Bertz CT molecular complexity index is 1190. The van der Waals surface area contributed by atoms with Crippen LogP contribution in [0.2, 0.25) is 0 Å². The smallest absolute Gasteiger partial charge is 0.318 e. The molecule has 2 aromatic heterocycles. The lowest BCUT2D eigenvalue weighted by molar-refractivity contribution is -0.135. The number of carbonyl (C=O) groups is 2. The van der Waals surface area contributed by atoms with Crippen LogP contribution < -0.4 is 4.72 Å². The number of nitrogens with one attached hydrogen (secondary N) is 1. The lowest BCUT2D eigenvalue weighted by Crippen LogP contribution is -2.29. The van der Waals surface area contributed by atoms with E-state index < -0.39 is 22.5 Å². The van der Waals surface area contributed by atoms with E-state index in [1.807, 2.05) is 29.2 Å². The Kier molecular flexibility index (Phi) is 5.45. The van der Waals surface area contributed by atoms with Crippen LogP contribution in [0.3, 0.4) is 0 Å². The number of carbonyl (C=O) groups excluding carboxylic acids is 1. The van der Waals surface area contributed by atoms with Gasteiger partial charge in [0.1, 0.15) is 6.54 Å². The van der Waals surface area contributed by atoms with Crippen molar-refractivity contribution in [2.75, 3.05) is 6.54 Å². The van der Waals surface area contributed by atoms with E-state index in [2.05, 4.69) is 4.98 Å². The Hall–Kier alpha value is -2.82. The third kappa shape index (κ3) is 4.19. The van der Waals surface area contributed by atoms with Crippen LogP contribution in [0.4, 0.5) is 0 Å². The standard InChI is InChI=1S/C18H17N3O5S2/c1-11-10-21-15(12(2)20-18(21)27-11)7-8-16(22)13-3-5-14(6-4-13)28(25,26)19-9-17(23)24/h3-8,10,19H,9H2,1-2H3,(H,23,24)/b8-7+. The topological polar surface area (TPSA) is 118 Å². The molecular formula is C18H17N3O5S2. The molecule has 146 valence electrons. The van der Waals surface area contributed by atoms with Crippen LogP contribution in [0.1, 0.15) is 26.6 Å². The van der Waals surface area contributed by atoms with Gasteiger partial charge in [-0.1, -0.05) is 0 Å². The number of rotatable bonds is 7. The minimum atomic E-state index is -3.94. The number of sulfonamides is 1. The van der Waals surface area contributed by atoms with E-state index in [4.69, 9.17) is 5.11 Å². The number of ketones is 1. The van der Waals surface area contributed by atoms with Gasteiger partial charge in [0.05, 0.1) is 16.3 Å². The van der Waals surface area contributed by atoms with Gasteiger partial charge in [0.25, 0.3) is 0 Å². The minimum Gasteiger partial charge on any atom is -0.480 e. The zero-order valence-corrected chi connectivity index (χ0v) is 16.7. The summed E-state index contributed by atoms with van der Waals surface area (Å²) in [6.07, 6.45) is 5.05. The molecule has 0 fully saturated rings. The van der Waals surface area contributed by atoms with Crippen molar-refractivity contribution in [3.05, 3.63) is 58.4 Å². The van der Waals surface area contributed by atoms with Crippen molar-refractivity contribution in [3.8, 4) is 0 Å². The van der Waals surface area contributed by atoms with Crippen LogP contribution in [-0.2, 0) is 14.8 Å². The zero-order chi connectivity index (χ0) is 20.5. The van der Waals surface area contributed by atoms with Gasteiger partial charge < -0.3 is 5.11 Å². The first-order valence-electron chi connectivity index (χ1n) is 8.16. The average Bonchev–Trinajstić information content (AvgIpc) is 3.13. The molecule has 0 unspecified atom stereocenters. The zero-order valence-electron chi connectivity index (χ0n) is 15.0. The van der Waals surface area contributed by atoms with Gasteiger partial charge in [0, 0.05) is 16.6 Å². The lowest BCUT2D eigenvalue weighted by atomic mass is 10.1. The highest BCUT2D eigenvalue weighted by Crippen LogP contribution is 2.21. The SMILES string of the molecule is Cc1cn2c(/C=C/C(=O)c3ccc(S(=O)(=O)NCC(=O)O)cc3)c(C)nc2s1. The summed E-state index contributed by atoms with van der Waals surface area (Å²) in [6, 6.07) is 5.29. The summed E-state index contributed by atoms with van der Waals surface area (Å²) in [5.41, 5.74) is 1.93. The highest BCUT2D eigenvalue weighted by Gasteiger charge is 2.16. The molecule has 3 rings (SSSR count). The molecule has 0 aliphatic carbocycles. The van der Waals surface area contributed by atoms with Crippen molar-refractivity contribution < 1.29 is 23.1 Å². The molecule has 0 radical (unpaired) electrons. The number of aryl methyl sites for hydroxylation is 2. The largest absolute Gasteiger partial charge is 0.480 e. The Morgan fingerprint density at radius 3 is 2.57 bits per heavy atom. The summed E-state index contributed by atoms with van der Waals surface area (Å²) in [6.45, 7) is 3.13. The average molecular weight is 419 g/mol. The molecule has 3 aromatic rings. The predicted molar refractivity (Wildman–Crippen MR) is 105 cm³/mol. The molecule has 2 heterocycles. The first kappa shape index (κ1) is 19.9. The number of fused-ring (bicyclic) bond motifs is 1. The van der Waals surface area contributed by atoms with Crippen molar-refractivity contribution in [2.45, 2.75) is 18.7 Å². The van der Waals surface area contributed by atoms with Crippen molar-refractivity contribution >= 4 is 44.1 Å². The van der Waals surface area contributed by atoms with Gasteiger partial charge in [-0.2, -0.15) is 4.72 Å². The summed E-state index contributed by atoms with van der Waals surface area (Å²) >= 11 is 1.56. The summed E-state index contributed by atoms with van der Waals surface area (Å²) in [4.78, 5) is 29.2. The predicted octanol–water partition coefficient (Wildman–Crippen LogP) is 2.27. The molecule has 0 saturated carbocycles. The van der Waals surface area contributed by atoms with Gasteiger partial charge in [0.2, 0.25) is 10.0 Å². The van der Waals surface area contributed by atoms with Crippen LogP contribution in [-0.4, -0.2) is 41.2 Å². The first-order valence-corrected chi connectivity index (χ1v) is 10.5. The molecule has 0 aliphatic rings. The Morgan fingerprint density at radius 1 is 1.25 bits per heavy atom. The van der Waals surface area contributed by atoms with E-state index in [0.717, 1.165) is 21.2 Å². The summed E-state index contributed by atoms with van der Waals surface area (Å²) in [7, 11) is -3.94. The number of hydrogen-bond donors (Lipinski definition) is 2. The fourth-order valence-corrected chi connectivity index (χ4v) is 4.42. The molecule has 10 heteroatoms. The molecule has 8 nitrogen and oxygen atoms in total. The van der Waals surface area contributed by atoms with E-state index in [0.29, 0.717) is 5.56 Å². The second-order valence-corrected chi connectivity index (χ2v) is 9.00. The molecule has 2 N–H and O–H groups in total. The van der Waals surface area contributed by atoms with Gasteiger partial charge in [-0.15, -0.1) is 11.3 Å². The maximum absolute atomic E-state index is 12.4. The van der Waals surface area contributed by atoms with Crippen molar-refractivity contribution in [2.24, 2.45) is 0 Å². The Morgan fingerprint density at radius 2 is 1.93 bits per heavy atom. The van der Waals surface area contributed by atoms with Crippen molar-refractivity contribution in [1.29, 1.82) is 0 Å². The lowest BCUT2D eigenvalue weighted by Gasteiger charge is -2.05. The Balaban J connectivity index is 1.78. The fourth-order valence-electron chi connectivity index (χ4n) is 2.57. The first-order chi connectivity index (χ1) is 13.2. The molecule has 28 heavy (non-hydrogen) atoms. The van der Waals surface area contributed by atoms with Crippen LogP contribution in [0.25, 0.3) is 11.0 Å². The number of carboxylic acid groups (broad SMARTS) is 1. The number of imidazole rings is 1. The van der Waals surface area contributed by atoms with Gasteiger partial charge in [-0.25, -0.2) is 13.4 Å². The van der Waals surface area contributed by atoms with Gasteiger partial charge >= 0.3 is 5.97 Å². The maximum atomic E-state index is 12.4. The van der Waals surface area contributed by atoms with E-state index in [1.165, 1.54) is 30.3 Å². The monoisotopic (exact) mass is 419 g/mol. The minimum absolute atomic E-state index is 0.114. The summed E-state index contributed by atoms with van der Waals surface area (Å²) < 4.78 is 27.8. The molecule has 0 saturated heterocycles.